The van der Waals surface area contributed by atoms with Gasteiger partial charge in [-0.25, -0.2) is 14.2 Å². The summed E-state index contributed by atoms with van der Waals surface area (Å²) < 4.78 is 21.1. The van der Waals surface area contributed by atoms with E-state index in [2.05, 4.69) is 10.1 Å². The zero-order valence-corrected chi connectivity index (χ0v) is 28.6. The predicted octanol–water partition coefficient (Wildman–Crippen LogP) is 6.42. The number of ketones is 1. The molecule has 1 aromatic rings. The average molecular weight is 635 g/mol. The lowest BCUT2D eigenvalue weighted by molar-refractivity contribution is -0.186. The average Bonchev–Trinajstić information content (AvgIpc) is 3.00. The molecule has 0 aromatic heterocycles. The molecule has 1 aromatic carbocycles. The number of benzene rings is 1. The van der Waals surface area contributed by atoms with Gasteiger partial charge in [0.2, 0.25) is 5.91 Å². The van der Waals surface area contributed by atoms with Crippen LogP contribution < -0.4 is 0 Å². The monoisotopic (exact) mass is 634 g/mol. The molecular formula is C35H55FN2O7. The van der Waals surface area contributed by atoms with Crippen LogP contribution in [0.4, 0.5) is 4.39 Å². The first-order valence-electron chi connectivity index (χ1n) is 16.2. The number of hydrogen-bond donors (Lipinski definition) is 2. The predicted molar refractivity (Wildman–Crippen MR) is 175 cm³/mol. The summed E-state index contributed by atoms with van der Waals surface area (Å²) in [4.78, 5) is 47.8. The van der Waals surface area contributed by atoms with Crippen LogP contribution in [-0.4, -0.2) is 63.3 Å². The van der Waals surface area contributed by atoms with E-state index in [-0.39, 0.29) is 44.3 Å². The van der Waals surface area contributed by atoms with Crippen molar-refractivity contribution in [3.63, 3.8) is 0 Å². The van der Waals surface area contributed by atoms with E-state index in [9.17, 15) is 24.6 Å². The number of ether oxygens (including phenoxy) is 1. The first-order chi connectivity index (χ1) is 21.1. The van der Waals surface area contributed by atoms with Gasteiger partial charge >= 0.3 is 5.97 Å². The van der Waals surface area contributed by atoms with Crippen LogP contribution in [0.1, 0.15) is 106 Å². The number of aliphatic imine (C=N–C) groups is 1. The van der Waals surface area contributed by atoms with Crippen molar-refractivity contribution in [2.45, 2.75) is 125 Å². The Kier molecular flexibility index (Phi) is 16.8. The van der Waals surface area contributed by atoms with E-state index in [0.29, 0.717) is 17.8 Å². The number of halogens is 1. The lowest BCUT2D eigenvalue weighted by Crippen LogP contribution is -2.54. The standard InChI is InChI=1S/C35H55FN2O7/c1-10-16-24(5)31(37-26(7)40)25(6)29(20-19-28(21-39)38-44-22-27-17-14-13-15-18-27)35(9,43)30(12-3)45-33(42)34(8,36)32(41)23(4)11-2/h13-15,17-18,23-25,29-30,39,43H,10-12,16,19-22H2,1-9H3/b37-31+,38-28+/t23-,24-,25-,29-,30-,34+,35+/m1/s1. The Balaban J connectivity index is 3.47. The van der Waals surface area contributed by atoms with Crippen LogP contribution >= 0.6 is 0 Å². The van der Waals surface area contributed by atoms with Gasteiger partial charge in [0.05, 0.1) is 12.3 Å². The number of esters is 1. The summed E-state index contributed by atoms with van der Waals surface area (Å²) in [6.07, 6.45) is 1.35. The molecule has 0 saturated heterocycles. The van der Waals surface area contributed by atoms with Crippen LogP contribution in [0.2, 0.25) is 0 Å². The Morgan fingerprint density at radius 3 is 2.11 bits per heavy atom. The number of Topliss-reactive ketones (excluding diaryl/α,β-unsaturated/α-hetero) is 1. The zero-order valence-electron chi connectivity index (χ0n) is 28.6. The van der Waals surface area contributed by atoms with E-state index < -0.39 is 46.9 Å². The van der Waals surface area contributed by atoms with Crippen molar-refractivity contribution in [2.75, 3.05) is 6.61 Å². The van der Waals surface area contributed by atoms with Crippen LogP contribution in [0.3, 0.4) is 0 Å². The third-order valence-corrected chi connectivity index (χ3v) is 8.71. The van der Waals surface area contributed by atoms with Gasteiger partial charge in [0.25, 0.3) is 5.67 Å². The fourth-order valence-corrected chi connectivity index (χ4v) is 5.77. The quantitative estimate of drug-likeness (QED) is 0.0731. The van der Waals surface area contributed by atoms with Gasteiger partial charge in [0.1, 0.15) is 18.3 Å². The molecule has 0 radical (unpaired) electrons. The molecule has 254 valence electrons. The normalized spacial score (nSPS) is 18.5. The van der Waals surface area contributed by atoms with E-state index in [1.807, 2.05) is 51.1 Å². The topological polar surface area (TPSA) is 135 Å². The second-order valence-electron chi connectivity index (χ2n) is 12.5. The molecule has 10 heteroatoms. The maximum Gasteiger partial charge on any atom is 0.351 e. The smallest absolute Gasteiger partial charge is 0.351 e. The largest absolute Gasteiger partial charge is 0.457 e. The number of nitrogens with zero attached hydrogens (tertiary/aromatic N) is 2. The summed E-state index contributed by atoms with van der Waals surface area (Å²) in [5, 5.41) is 26.3. The second kappa shape index (κ2) is 18.9. The highest BCUT2D eigenvalue weighted by molar-refractivity contribution is 6.07. The van der Waals surface area contributed by atoms with Crippen molar-refractivity contribution >= 4 is 29.1 Å². The summed E-state index contributed by atoms with van der Waals surface area (Å²) in [6.45, 7) is 14.4. The van der Waals surface area contributed by atoms with E-state index in [1.54, 1.807) is 20.8 Å². The molecule has 0 aliphatic rings. The number of rotatable bonds is 20. The van der Waals surface area contributed by atoms with Crippen molar-refractivity contribution < 1.29 is 38.6 Å². The molecule has 0 unspecified atom stereocenters. The molecule has 1 amide bonds. The maximum atomic E-state index is 15.5. The number of carbonyl (C=O) groups is 3. The summed E-state index contributed by atoms with van der Waals surface area (Å²) in [7, 11) is 0. The second-order valence-corrected chi connectivity index (χ2v) is 12.5. The number of alkyl halides is 1. The minimum Gasteiger partial charge on any atom is -0.457 e. The highest BCUT2D eigenvalue weighted by Crippen LogP contribution is 2.38. The van der Waals surface area contributed by atoms with Gasteiger partial charge in [-0.3, -0.25) is 9.59 Å². The molecule has 0 aliphatic heterocycles. The van der Waals surface area contributed by atoms with E-state index in [4.69, 9.17) is 9.57 Å². The molecule has 2 N–H and O–H groups in total. The van der Waals surface area contributed by atoms with Gasteiger partial charge < -0.3 is 19.8 Å². The zero-order chi connectivity index (χ0) is 34.4. The van der Waals surface area contributed by atoms with Crippen LogP contribution in [0.25, 0.3) is 0 Å². The van der Waals surface area contributed by atoms with E-state index in [0.717, 1.165) is 25.3 Å². The van der Waals surface area contributed by atoms with Gasteiger partial charge in [-0.1, -0.05) is 83.5 Å². The Bertz CT molecular complexity index is 1150. The summed E-state index contributed by atoms with van der Waals surface area (Å²) in [5.74, 6) is -4.55. The highest BCUT2D eigenvalue weighted by Gasteiger charge is 2.50. The van der Waals surface area contributed by atoms with Crippen molar-refractivity contribution in [3.8, 4) is 0 Å². The van der Waals surface area contributed by atoms with Gasteiger partial charge in [0, 0.05) is 24.5 Å². The minimum atomic E-state index is -2.89. The molecule has 45 heavy (non-hydrogen) atoms. The Morgan fingerprint density at radius 2 is 1.60 bits per heavy atom. The Morgan fingerprint density at radius 1 is 0.978 bits per heavy atom. The molecule has 0 aliphatic carbocycles. The van der Waals surface area contributed by atoms with Gasteiger partial charge in [0.15, 0.2) is 5.78 Å². The molecule has 0 saturated carbocycles. The summed E-state index contributed by atoms with van der Waals surface area (Å²) >= 11 is 0. The molecule has 0 spiro atoms. The molecule has 0 bridgehead atoms. The highest BCUT2D eigenvalue weighted by atomic mass is 19.1. The number of carbonyl (C=O) groups excluding carboxylic acids is 3. The van der Waals surface area contributed by atoms with Crippen LogP contribution in [0, 0.1) is 23.7 Å². The number of hydrogen-bond acceptors (Lipinski definition) is 8. The Labute approximate surface area is 268 Å². The first kappa shape index (κ1) is 40.0. The van der Waals surface area contributed by atoms with E-state index in [1.165, 1.54) is 13.8 Å². The fourth-order valence-electron chi connectivity index (χ4n) is 5.77. The molecule has 7 atom stereocenters. The minimum absolute atomic E-state index is 0.0858. The summed E-state index contributed by atoms with van der Waals surface area (Å²) in [6, 6.07) is 9.43. The number of aliphatic hydroxyl groups is 2. The van der Waals surface area contributed by atoms with Crippen LogP contribution in [0.5, 0.6) is 0 Å². The van der Waals surface area contributed by atoms with Crippen molar-refractivity contribution in [1.82, 2.24) is 0 Å². The van der Waals surface area contributed by atoms with Crippen molar-refractivity contribution in [1.29, 1.82) is 0 Å². The van der Waals surface area contributed by atoms with Crippen molar-refractivity contribution in [2.24, 2.45) is 33.8 Å². The molecule has 0 fully saturated rings. The lowest BCUT2D eigenvalue weighted by Gasteiger charge is -2.43. The summed E-state index contributed by atoms with van der Waals surface area (Å²) in [5.41, 5.74) is -2.80. The maximum absolute atomic E-state index is 15.5. The molecular weight excluding hydrogens is 579 g/mol. The fraction of sp³-hybridized carbons (Fsp3) is 0.686. The third-order valence-electron chi connectivity index (χ3n) is 8.71. The molecule has 9 nitrogen and oxygen atoms in total. The van der Waals surface area contributed by atoms with Crippen molar-refractivity contribution in [3.05, 3.63) is 35.9 Å². The lowest BCUT2D eigenvalue weighted by atomic mass is 9.69. The van der Waals surface area contributed by atoms with Gasteiger partial charge in [-0.2, -0.15) is 0 Å². The number of aliphatic hydroxyl groups excluding tert-OH is 1. The Hall–Kier alpha value is -2.98. The number of oxime groups is 1. The van der Waals surface area contributed by atoms with Crippen LogP contribution in [-0.2, 0) is 30.6 Å². The first-order valence-corrected chi connectivity index (χ1v) is 16.2. The SMILES string of the molecule is CCC[C@@H](C)/C(=N\C(C)=O)[C@H](C)[C@@H](CC/C(CO)=N\OCc1ccccc1)[C@](C)(O)[C@@H](CC)OC(=O)[C@@](C)(F)C(=O)[C@H](C)CC. The van der Waals surface area contributed by atoms with E-state index >= 15 is 4.39 Å². The number of amides is 1. The van der Waals surface area contributed by atoms with Gasteiger partial charge in [-0.05, 0) is 63.4 Å². The third kappa shape index (κ3) is 11.7. The molecule has 1 rings (SSSR count). The van der Waals surface area contributed by atoms with Crippen LogP contribution in [0.15, 0.2) is 40.5 Å². The molecule has 0 heterocycles. The van der Waals surface area contributed by atoms with Gasteiger partial charge in [-0.15, -0.1) is 0 Å².